The molecule has 0 aliphatic heterocycles. The van der Waals surface area contributed by atoms with Gasteiger partial charge in [-0.3, -0.25) is 4.79 Å². The van der Waals surface area contributed by atoms with Crippen molar-refractivity contribution in [2.24, 2.45) is 5.92 Å². The number of nitriles is 1. The second kappa shape index (κ2) is 7.53. The molecule has 1 fully saturated rings. The standard InChI is InChI=1S/C16H21N3O2/c1-12-5-2-3-7-15(12)18-10-13(9-17)16(20)19-11-14-6-4-8-21-14/h4,6,8,10,12,15,18H,2-3,5,7,11H2,1H3,(H,19,20)/b13-10-. The summed E-state index contributed by atoms with van der Waals surface area (Å²) < 4.78 is 5.13. The van der Waals surface area contributed by atoms with E-state index in [1.807, 2.05) is 6.07 Å². The summed E-state index contributed by atoms with van der Waals surface area (Å²) in [5.41, 5.74) is 0.0966. The molecule has 2 unspecified atom stereocenters. The maximum Gasteiger partial charge on any atom is 0.263 e. The Morgan fingerprint density at radius 2 is 2.33 bits per heavy atom. The van der Waals surface area contributed by atoms with Crippen LogP contribution >= 0.6 is 0 Å². The van der Waals surface area contributed by atoms with E-state index in [4.69, 9.17) is 9.68 Å². The lowest BCUT2D eigenvalue weighted by Gasteiger charge is -2.29. The van der Waals surface area contributed by atoms with Crippen molar-refractivity contribution >= 4 is 5.91 Å². The molecule has 0 aromatic carbocycles. The fourth-order valence-electron chi connectivity index (χ4n) is 2.58. The van der Waals surface area contributed by atoms with E-state index in [1.54, 1.807) is 24.6 Å². The monoisotopic (exact) mass is 287 g/mol. The lowest BCUT2D eigenvalue weighted by Crippen LogP contribution is -2.35. The van der Waals surface area contributed by atoms with Crippen LogP contribution in [0.1, 0.15) is 38.4 Å². The first kappa shape index (κ1) is 15.2. The van der Waals surface area contributed by atoms with Crippen LogP contribution in [0.2, 0.25) is 0 Å². The van der Waals surface area contributed by atoms with Crippen LogP contribution < -0.4 is 10.6 Å². The topological polar surface area (TPSA) is 78.1 Å². The van der Waals surface area contributed by atoms with E-state index >= 15 is 0 Å². The molecule has 2 N–H and O–H groups in total. The average Bonchev–Trinajstić information content (AvgIpc) is 3.01. The molecule has 0 radical (unpaired) electrons. The Balaban J connectivity index is 1.87. The molecule has 1 saturated carbocycles. The maximum absolute atomic E-state index is 11.9. The second-order valence-electron chi connectivity index (χ2n) is 5.47. The summed E-state index contributed by atoms with van der Waals surface area (Å²) in [4.78, 5) is 11.9. The summed E-state index contributed by atoms with van der Waals surface area (Å²) in [6.07, 6.45) is 7.83. The number of rotatable bonds is 5. The van der Waals surface area contributed by atoms with E-state index in [0.717, 1.165) is 6.42 Å². The highest BCUT2D eigenvalue weighted by Gasteiger charge is 2.20. The molecule has 2 rings (SSSR count). The van der Waals surface area contributed by atoms with Gasteiger partial charge in [-0.2, -0.15) is 5.26 Å². The smallest absolute Gasteiger partial charge is 0.263 e. The lowest BCUT2D eigenvalue weighted by atomic mass is 9.86. The molecular weight excluding hydrogens is 266 g/mol. The molecule has 1 aromatic heterocycles. The fourth-order valence-corrected chi connectivity index (χ4v) is 2.58. The highest BCUT2D eigenvalue weighted by atomic mass is 16.3. The molecule has 2 atom stereocenters. The van der Waals surface area contributed by atoms with Crippen LogP contribution in [0.25, 0.3) is 0 Å². The molecule has 1 amide bonds. The van der Waals surface area contributed by atoms with E-state index in [1.165, 1.54) is 19.3 Å². The first-order chi connectivity index (χ1) is 10.2. The Kier molecular flexibility index (Phi) is 5.44. The van der Waals surface area contributed by atoms with Gasteiger partial charge in [0.15, 0.2) is 0 Å². The van der Waals surface area contributed by atoms with Crippen molar-refractivity contribution in [3.63, 3.8) is 0 Å². The minimum atomic E-state index is -0.384. The fraction of sp³-hybridized carbons (Fsp3) is 0.500. The largest absolute Gasteiger partial charge is 0.467 e. The predicted molar refractivity (Wildman–Crippen MR) is 78.8 cm³/mol. The zero-order chi connectivity index (χ0) is 15.1. The van der Waals surface area contributed by atoms with Gasteiger partial charge in [-0.05, 0) is 30.9 Å². The number of nitrogens with one attached hydrogen (secondary N) is 2. The Hall–Kier alpha value is -2.22. The number of furan rings is 1. The number of amides is 1. The van der Waals surface area contributed by atoms with Gasteiger partial charge in [-0.1, -0.05) is 19.8 Å². The van der Waals surface area contributed by atoms with Gasteiger partial charge in [0.2, 0.25) is 0 Å². The van der Waals surface area contributed by atoms with E-state index < -0.39 is 0 Å². The SMILES string of the molecule is CC1CCCCC1N/C=C(/C#N)C(=O)NCc1ccco1. The van der Waals surface area contributed by atoms with Crippen molar-refractivity contribution in [2.75, 3.05) is 0 Å². The van der Waals surface area contributed by atoms with Crippen LogP contribution in [0.15, 0.2) is 34.6 Å². The second-order valence-corrected chi connectivity index (χ2v) is 5.47. The zero-order valence-corrected chi connectivity index (χ0v) is 12.3. The molecular formula is C16H21N3O2. The molecule has 0 spiro atoms. The number of carbonyl (C=O) groups is 1. The van der Waals surface area contributed by atoms with Crippen LogP contribution in [-0.4, -0.2) is 11.9 Å². The quantitative estimate of drug-likeness (QED) is 0.644. The van der Waals surface area contributed by atoms with Crippen LogP contribution in [0, 0.1) is 17.2 Å². The van der Waals surface area contributed by atoms with Crippen LogP contribution in [0.5, 0.6) is 0 Å². The van der Waals surface area contributed by atoms with E-state index in [2.05, 4.69) is 17.6 Å². The first-order valence-electron chi connectivity index (χ1n) is 7.37. The van der Waals surface area contributed by atoms with Crippen molar-refractivity contribution in [3.05, 3.63) is 35.9 Å². The number of nitrogens with zero attached hydrogens (tertiary/aromatic N) is 1. The third-order valence-corrected chi connectivity index (χ3v) is 3.92. The van der Waals surface area contributed by atoms with E-state index in [-0.39, 0.29) is 18.0 Å². The van der Waals surface area contributed by atoms with Gasteiger partial charge in [0.25, 0.3) is 5.91 Å². The average molecular weight is 287 g/mol. The molecule has 5 nitrogen and oxygen atoms in total. The van der Waals surface area contributed by atoms with Gasteiger partial charge in [0.1, 0.15) is 17.4 Å². The molecule has 0 bridgehead atoms. The summed E-state index contributed by atoms with van der Waals surface area (Å²) >= 11 is 0. The maximum atomic E-state index is 11.9. The van der Waals surface area contributed by atoms with Gasteiger partial charge >= 0.3 is 0 Å². The summed E-state index contributed by atoms with van der Waals surface area (Å²) in [6, 6.07) is 5.82. The summed E-state index contributed by atoms with van der Waals surface area (Å²) in [7, 11) is 0. The van der Waals surface area contributed by atoms with Gasteiger partial charge in [-0.25, -0.2) is 0 Å². The Labute approximate surface area is 125 Å². The van der Waals surface area contributed by atoms with Crippen molar-refractivity contribution in [1.29, 1.82) is 5.26 Å². The van der Waals surface area contributed by atoms with Crippen LogP contribution in [-0.2, 0) is 11.3 Å². The van der Waals surface area contributed by atoms with Crippen LogP contribution in [0.3, 0.4) is 0 Å². The highest BCUT2D eigenvalue weighted by molar-refractivity contribution is 5.97. The number of hydrogen-bond donors (Lipinski definition) is 2. The molecule has 5 heteroatoms. The van der Waals surface area contributed by atoms with Gasteiger partial charge in [0, 0.05) is 12.2 Å². The van der Waals surface area contributed by atoms with E-state index in [9.17, 15) is 4.79 Å². The Morgan fingerprint density at radius 3 is 3.00 bits per heavy atom. The molecule has 1 aromatic rings. The summed E-state index contributed by atoms with van der Waals surface area (Å²) in [6.45, 7) is 2.48. The molecule has 112 valence electrons. The first-order valence-corrected chi connectivity index (χ1v) is 7.37. The van der Waals surface area contributed by atoms with Crippen LogP contribution in [0.4, 0.5) is 0 Å². The Bertz CT molecular complexity index is 528. The van der Waals surface area contributed by atoms with E-state index in [0.29, 0.717) is 17.7 Å². The molecule has 21 heavy (non-hydrogen) atoms. The van der Waals surface area contributed by atoms with Crippen molar-refractivity contribution in [3.8, 4) is 6.07 Å². The lowest BCUT2D eigenvalue weighted by molar-refractivity contribution is -0.117. The summed E-state index contributed by atoms with van der Waals surface area (Å²) in [5, 5.41) is 15.0. The minimum absolute atomic E-state index is 0.0966. The van der Waals surface area contributed by atoms with Gasteiger partial charge < -0.3 is 15.1 Å². The molecule has 0 saturated heterocycles. The number of carbonyl (C=O) groups excluding carboxylic acids is 1. The molecule has 1 heterocycles. The zero-order valence-electron chi connectivity index (χ0n) is 12.3. The third kappa shape index (κ3) is 4.38. The highest BCUT2D eigenvalue weighted by Crippen LogP contribution is 2.23. The predicted octanol–water partition coefficient (Wildman–Crippen LogP) is 2.47. The van der Waals surface area contributed by atoms with Crippen molar-refractivity contribution in [2.45, 2.75) is 45.2 Å². The Morgan fingerprint density at radius 1 is 1.52 bits per heavy atom. The molecule has 1 aliphatic carbocycles. The molecule has 1 aliphatic rings. The van der Waals surface area contributed by atoms with Gasteiger partial charge in [-0.15, -0.1) is 0 Å². The van der Waals surface area contributed by atoms with Crippen molar-refractivity contribution < 1.29 is 9.21 Å². The van der Waals surface area contributed by atoms with Gasteiger partial charge in [0.05, 0.1) is 12.8 Å². The minimum Gasteiger partial charge on any atom is -0.467 e. The third-order valence-electron chi connectivity index (χ3n) is 3.92. The van der Waals surface area contributed by atoms with Crippen molar-refractivity contribution in [1.82, 2.24) is 10.6 Å². The number of hydrogen-bond acceptors (Lipinski definition) is 4. The summed E-state index contributed by atoms with van der Waals surface area (Å²) in [5.74, 6) is 0.848. The normalized spacial score (nSPS) is 22.4.